The molecule has 1 aromatic heterocycles. The number of hydrogen-bond acceptors (Lipinski definition) is 3. The lowest BCUT2D eigenvalue weighted by Gasteiger charge is -2.08. The molecule has 0 saturated heterocycles. The van der Waals surface area contributed by atoms with Crippen LogP contribution in [0.2, 0.25) is 5.02 Å². The Kier molecular flexibility index (Phi) is 3.63. The van der Waals surface area contributed by atoms with Gasteiger partial charge in [0.15, 0.2) is 5.78 Å². The molecule has 0 radical (unpaired) electrons. The first kappa shape index (κ1) is 12.6. The molecule has 0 aliphatic heterocycles. The third kappa shape index (κ3) is 2.87. The predicted molar refractivity (Wildman–Crippen MR) is 70.5 cm³/mol. The Hall–Kier alpha value is -1.87. The van der Waals surface area contributed by atoms with E-state index in [4.69, 9.17) is 16.3 Å². The molecule has 18 heavy (non-hydrogen) atoms. The van der Waals surface area contributed by atoms with Crippen molar-refractivity contribution in [3.8, 4) is 11.5 Å². The van der Waals surface area contributed by atoms with Gasteiger partial charge < -0.3 is 4.74 Å². The van der Waals surface area contributed by atoms with E-state index in [9.17, 15) is 4.79 Å². The lowest BCUT2D eigenvalue weighted by atomic mass is 10.1. The molecule has 0 N–H and O–H groups in total. The van der Waals surface area contributed by atoms with Crippen molar-refractivity contribution < 1.29 is 9.53 Å². The summed E-state index contributed by atoms with van der Waals surface area (Å²) in [6, 6.07) is 8.63. The molecule has 0 atom stereocenters. The van der Waals surface area contributed by atoms with Crippen molar-refractivity contribution in [2.24, 2.45) is 0 Å². The lowest BCUT2D eigenvalue weighted by molar-refractivity contribution is 0.101. The van der Waals surface area contributed by atoms with Gasteiger partial charge in [-0.2, -0.15) is 0 Å². The molecule has 2 rings (SSSR count). The van der Waals surface area contributed by atoms with Crippen molar-refractivity contribution in [1.82, 2.24) is 4.98 Å². The summed E-state index contributed by atoms with van der Waals surface area (Å²) >= 11 is 6.06. The molecule has 0 saturated carbocycles. The van der Waals surface area contributed by atoms with Crippen molar-refractivity contribution >= 4 is 17.4 Å². The zero-order valence-electron chi connectivity index (χ0n) is 10.1. The number of aryl methyl sites for hydroxylation is 1. The summed E-state index contributed by atoms with van der Waals surface area (Å²) in [6.07, 6.45) is 1.63. The van der Waals surface area contributed by atoms with Gasteiger partial charge >= 0.3 is 0 Å². The minimum Gasteiger partial charge on any atom is -0.454 e. The Morgan fingerprint density at radius 2 is 2.06 bits per heavy atom. The van der Waals surface area contributed by atoms with Gasteiger partial charge in [-0.1, -0.05) is 11.6 Å². The monoisotopic (exact) mass is 261 g/mol. The number of carbonyl (C=O) groups excluding carboxylic acids is 1. The maximum absolute atomic E-state index is 11.2. The highest BCUT2D eigenvalue weighted by Gasteiger charge is 2.07. The predicted octanol–water partition coefficient (Wildman–Crippen LogP) is 4.04. The zero-order valence-corrected chi connectivity index (χ0v) is 10.9. The second-order valence-corrected chi connectivity index (χ2v) is 4.35. The van der Waals surface area contributed by atoms with E-state index in [1.165, 1.54) is 6.92 Å². The largest absolute Gasteiger partial charge is 0.454 e. The smallest absolute Gasteiger partial charge is 0.159 e. The fraction of sp³-hybridized carbons (Fsp3) is 0.143. The maximum atomic E-state index is 11.2. The zero-order chi connectivity index (χ0) is 13.1. The molecule has 0 bridgehead atoms. The van der Waals surface area contributed by atoms with Gasteiger partial charge in [-0.05, 0) is 44.2 Å². The normalized spacial score (nSPS) is 10.2. The van der Waals surface area contributed by atoms with E-state index in [1.54, 1.807) is 24.4 Å². The van der Waals surface area contributed by atoms with E-state index in [1.807, 2.05) is 19.1 Å². The SMILES string of the molecule is CC(=O)c1ccc(Oc2ccc(C)nc2)c(Cl)c1. The molecule has 1 aromatic carbocycles. The molecule has 0 aliphatic rings. The molecule has 0 unspecified atom stereocenters. The number of rotatable bonds is 3. The van der Waals surface area contributed by atoms with Crippen molar-refractivity contribution in [2.45, 2.75) is 13.8 Å². The number of carbonyl (C=O) groups is 1. The van der Waals surface area contributed by atoms with Crippen LogP contribution in [-0.4, -0.2) is 10.8 Å². The molecule has 1 heterocycles. The van der Waals surface area contributed by atoms with E-state index >= 15 is 0 Å². The summed E-state index contributed by atoms with van der Waals surface area (Å²) in [5, 5.41) is 0.406. The van der Waals surface area contributed by atoms with Crippen LogP contribution in [-0.2, 0) is 0 Å². The van der Waals surface area contributed by atoms with Crippen LogP contribution in [0.5, 0.6) is 11.5 Å². The summed E-state index contributed by atoms with van der Waals surface area (Å²) in [4.78, 5) is 15.3. The summed E-state index contributed by atoms with van der Waals surface area (Å²) in [5.41, 5.74) is 1.48. The van der Waals surface area contributed by atoms with Gasteiger partial charge in [0.25, 0.3) is 0 Å². The topological polar surface area (TPSA) is 39.2 Å². The third-order valence-electron chi connectivity index (χ3n) is 2.45. The van der Waals surface area contributed by atoms with Gasteiger partial charge in [0.05, 0.1) is 11.2 Å². The van der Waals surface area contributed by atoms with Gasteiger partial charge in [0.1, 0.15) is 11.5 Å². The minimum atomic E-state index is -0.0274. The van der Waals surface area contributed by atoms with Crippen LogP contribution in [0.4, 0.5) is 0 Å². The molecule has 3 nitrogen and oxygen atoms in total. The van der Waals surface area contributed by atoms with Crippen LogP contribution in [0, 0.1) is 6.92 Å². The number of hydrogen-bond donors (Lipinski definition) is 0. The summed E-state index contributed by atoms with van der Waals surface area (Å²) in [6.45, 7) is 3.40. The molecule has 0 spiro atoms. The number of ketones is 1. The van der Waals surface area contributed by atoms with Crippen LogP contribution in [0.3, 0.4) is 0 Å². The average molecular weight is 262 g/mol. The van der Waals surface area contributed by atoms with E-state index in [-0.39, 0.29) is 5.78 Å². The highest BCUT2D eigenvalue weighted by Crippen LogP contribution is 2.29. The number of pyridine rings is 1. The van der Waals surface area contributed by atoms with Crippen LogP contribution >= 0.6 is 11.6 Å². The summed E-state index contributed by atoms with van der Waals surface area (Å²) in [7, 11) is 0. The Morgan fingerprint density at radius 3 is 2.61 bits per heavy atom. The van der Waals surface area contributed by atoms with Crippen molar-refractivity contribution in [3.63, 3.8) is 0 Å². The maximum Gasteiger partial charge on any atom is 0.159 e. The van der Waals surface area contributed by atoms with E-state index in [0.717, 1.165) is 5.69 Å². The van der Waals surface area contributed by atoms with Gasteiger partial charge in [0.2, 0.25) is 0 Å². The first-order valence-electron chi connectivity index (χ1n) is 5.47. The van der Waals surface area contributed by atoms with E-state index in [0.29, 0.717) is 22.1 Å². The fourth-order valence-corrected chi connectivity index (χ4v) is 1.66. The van der Waals surface area contributed by atoms with Crippen molar-refractivity contribution in [3.05, 3.63) is 52.8 Å². The second-order valence-electron chi connectivity index (χ2n) is 3.94. The van der Waals surface area contributed by atoms with Crippen LogP contribution in [0.15, 0.2) is 36.5 Å². The first-order chi connectivity index (χ1) is 8.56. The number of aromatic nitrogens is 1. The van der Waals surface area contributed by atoms with Crippen LogP contribution in [0.1, 0.15) is 23.0 Å². The van der Waals surface area contributed by atoms with Gasteiger partial charge in [-0.25, -0.2) is 0 Å². The van der Waals surface area contributed by atoms with E-state index < -0.39 is 0 Å². The Bertz CT molecular complexity index is 579. The molecule has 0 amide bonds. The van der Waals surface area contributed by atoms with Crippen molar-refractivity contribution in [1.29, 1.82) is 0 Å². The Labute approximate surface area is 110 Å². The Morgan fingerprint density at radius 1 is 1.28 bits per heavy atom. The van der Waals surface area contributed by atoms with Gasteiger partial charge in [0, 0.05) is 11.3 Å². The number of ether oxygens (including phenoxy) is 1. The van der Waals surface area contributed by atoms with E-state index in [2.05, 4.69) is 4.98 Å². The molecule has 92 valence electrons. The Balaban J connectivity index is 2.24. The molecular formula is C14H12ClNO2. The third-order valence-corrected chi connectivity index (χ3v) is 2.75. The number of nitrogens with zero attached hydrogens (tertiary/aromatic N) is 1. The highest BCUT2D eigenvalue weighted by atomic mass is 35.5. The van der Waals surface area contributed by atoms with Crippen molar-refractivity contribution in [2.75, 3.05) is 0 Å². The average Bonchev–Trinajstić information content (AvgIpc) is 2.34. The molecule has 0 fully saturated rings. The van der Waals surface area contributed by atoms with Gasteiger partial charge in [-0.3, -0.25) is 9.78 Å². The lowest BCUT2D eigenvalue weighted by Crippen LogP contribution is -1.93. The van der Waals surface area contributed by atoms with Crippen LogP contribution < -0.4 is 4.74 Å². The fourth-order valence-electron chi connectivity index (χ4n) is 1.44. The highest BCUT2D eigenvalue weighted by molar-refractivity contribution is 6.32. The second kappa shape index (κ2) is 5.19. The molecular weight excluding hydrogens is 250 g/mol. The summed E-state index contributed by atoms with van der Waals surface area (Å²) < 4.78 is 5.59. The number of halogens is 1. The first-order valence-corrected chi connectivity index (χ1v) is 5.85. The number of Topliss-reactive ketones (excluding diaryl/α,β-unsaturated/α-hetero) is 1. The van der Waals surface area contributed by atoms with Crippen LogP contribution in [0.25, 0.3) is 0 Å². The quantitative estimate of drug-likeness (QED) is 0.783. The number of benzene rings is 1. The minimum absolute atomic E-state index is 0.0274. The van der Waals surface area contributed by atoms with Gasteiger partial charge in [-0.15, -0.1) is 0 Å². The molecule has 2 aromatic rings. The standard InChI is InChI=1S/C14H12ClNO2/c1-9-3-5-12(8-16-9)18-14-6-4-11(10(2)17)7-13(14)15/h3-8H,1-2H3. The summed E-state index contributed by atoms with van der Waals surface area (Å²) in [5.74, 6) is 1.09. The molecule has 0 aliphatic carbocycles. The molecule has 4 heteroatoms.